The molecule has 0 unspecified atom stereocenters. The summed E-state index contributed by atoms with van der Waals surface area (Å²) in [6.45, 7) is 3.98. The highest BCUT2D eigenvalue weighted by Crippen LogP contribution is 2.23. The van der Waals surface area contributed by atoms with E-state index in [1.807, 2.05) is 0 Å². The molecule has 0 aromatic heterocycles. The fourth-order valence-corrected chi connectivity index (χ4v) is 2.91. The minimum atomic E-state index is -3.67. The van der Waals surface area contributed by atoms with Crippen LogP contribution in [0.5, 0.6) is 0 Å². The average Bonchev–Trinajstić information content (AvgIpc) is 2.79. The lowest BCUT2D eigenvalue weighted by atomic mass is 10.1. The zero-order valence-electron chi connectivity index (χ0n) is 12.7. The van der Waals surface area contributed by atoms with Crippen LogP contribution < -0.4 is 0 Å². The molecule has 2 fully saturated rings. The molecule has 0 saturated carbocycles. The first-order valence-electron chi connectivity index (χ1n) is 7.31. The van der Waals surface area contributed by atoms with E-state index in [0.717, 1.165) is 39.0 Å². The first kappa shape index (κ1) is 16.9. The largest absolute Gasteiger partial charge is 0.337 e. The van der Waals surface area contributed by atoms with Gasteiger partial charge in [-0.2, -0.15) is 8.42 Å². The molecule has 3 rings (SSSR count). The first-order chi connectivity index (χ1) is 10.3. The summed E-state index contributed by atoms with van der Waals surface area (Å²) in [5.41, 5.74) is 1.37. The molecule has 1 aromatic carbocycles. The molecular weight excluding hydrogens is 304 g/mol. The van der Waals surface area contributed by atoms with Gasteiger partial charge in [0.2, 0.25) is 5.91 Å². The maximum atomic E-state index is 11.6. The molecule has 2 saturated heterocycles. The van der Waals surface area contributed by atoms with E-state index in [0.29, 0.717) is 18.2 Å². The van der Waals surface area contributed by atoms with E-state index in [1.165, 1.54) is 5.56 Å². The number of piperazine rings is 1. The van der Waals surface area contributed by atoms with Crippen LogP contribution >= 0.6 is 0 Å². The van der Waals surface area contributed by atoms with Crippen molar-refractivity contribution in [1.29, 1.82) is 0 Å². The number of rotatable bonds is 2. The average molecular weight is 326 g/mol. The number of benzene rings is 1. The van der Waals surface area contributed by atoms with Crippen LogP contribution in [0.1, 0.15) is 18.4 Å². The van der Waals surface area contributed by atoms with Crippen molar-refractivity contribution in [2.75, 3.05) is 25.9 Å². The second-order valence-corrected chi connectivity index (χ2v) is 7.20. The van der Waals surface area contributed by atoms with Crippen molar-refractivity contribution < 1.29 is 17.8 Å². The summed E-state index contributed by atoms with van der Waals surface area (Å²) >= 11 is 0. The van der Waals surface area contributed by atoms with Crippen LogP contribution in [-0.4, -0.2) is 60.6 Å². The van der Waals surface area contributed by atoms with Crippen LogP contribution in [0.15, 0.2) is 30.3 Å². The lowest BCUT2D eigenvalue weighted by molar-refractivity contribution is -0.130. The maximum Gasteiger partial charge on any atom is 0.261 e. The number of carbonyl (C=O) groups is 1. The number of hydrogen-bond donors (Lipinski definition) is 1. The fourth-order valence-electron chi connectivity index (χ4n) is 2.91. The van der Waals surface area contributed by atoms with Crippen molar-refractivity contribution in [1.82, 2.24) is 9.80 Å². The Bertz CT molecular complexity index is 595. The quantitative estimate of drug-likeness (QED) is 0.820. The van der Waals surface area contributed by atoms with Crippen molar-refractivity contribution >= 4 is 16.0 Å². The molecule has 122 valence electrons. The maximum absolute atomic E-state index is 11.6. The Balaban J connectivity index is 0.000000309. The molecule has 0 aliphatic carbocycles. The van der Waals surface area contributed by atoms with Crippen molar-refractivity contribution in [3.05, 3.63) is 35.9 Å². The Labute approximate surface area is 131 Å². The lowest BCUT2D eigenvalue weighted by Gasteiger charge is -2.37. The van der Waals surface area contributed by atoms with E-state index < -0.39 is 10.1 Å². The van der Waals surface area contributed by atoms with Crippen molar-refractivity contribution in [3.8, 4) is 0 Å². The lowest BCUT2D eigenvalue weighted by Crippen LogP contribution is -2.50. The van der Waals surface area contributed by atoms with Crippen LogP contribution in [-0.2, 0) is 21.5 Å². The van der Waals surface area contributed by atoms with Gasteiger partial charge in [-0.05, 0) is 12.0 Å². The molecule has 6 nitrogen and oxygen atoms in total. The summed E-state index contributed by atoms with van der Waals surface area (Å²) < 4.78 is 25.9. The number of hydrogen-bond acceptors (Lipinski definition) is 4. The molecule has 1 aromatic rings. The molecule has 0 radical (unpaired) electrons. The van der Waals surface area contributed by atoms with Crippen molar-refractivity contribution in [2.24, 2.45) is 0 Å². The summed E-state index contributed by atoms with van der Waals surface area (Å²) in [6.07, 6.45) is 2.51. The Hall–Kier alpha value is -1.44. The van der Waals surface area contributed by atoms with Gasteiger partial charge in [-0.1, -0.05) is 30.3 Å². The van der Waals surface area contributed by atoms with Crippen LogP contribution in [0.25, 0.3) is 0 Å². The minimum absolute atomic E-state index is 0.356. The third-order valence-corrected chi connectivity index (χ3v) is 3.83. The Kier molecular flexibility index (Phi) is 5.55. The standard InChI is InChI=1S/C14H18N2O.CH4O3S/c17-14-7-6-13-11-15(8-9-16(13)14)10-12-4-2-1-3-5-12;1-5(2,3)4/h1-5,13H,6-11H2;1H3,(H,2,3,4)/t13-;/m1./s1. The highest BCUT2D eigenvalue weighted by molar-refractivity contribution is 7.85. The molecule has 2 aliphatic rings. The zero-order valence-corrected chi connectivity index (χ0v) is 13.5. The molecule has 0 bridgehead atoms. The summed E-state index contributed by atoms with van der Waals surface area (Å²) in [6, 6.07) is 11.0. The Morgan fingerprint density at radius 2 is 1.86 bits per heavy atom. The number of carbonyl (C=O) groups excluding carboxylic acids is 1. The van der Waals surface area contributed by atoms with Gasteiger partial charge >= 0.3 is 0 Å². The summed E-state index contributed by atoms with van der Waals surface area (Å²) in [5, 5.41) is 0. The van der Waals surface area contributed by atoms with E-state index in [9.17, 15) is 13.2 Å². The topological polar surface area (TPSA) is 77.9 Å². The van der Waals surface area contributed by atoms with Crippen molar-refractivity contribution in [2.45, 2.75) is 25.4 Å². The van der Waals surface area contributed by atoms with Crippen LogP contribution in [0.3, 0.4) is 0 Å². The Morgan fingerprint density at radius 3 is 2.50 bits per heavy atom. The van der Waals surface area contributed by atoms with Gasteiger partial charge < -0.3 is 4.90 Å². The van der Waals surface area contributed by atoms with Gasteiger partial charge in [0.25, 0.3) is 10.1 Å². The van der Waals surface area contributed by atoms with E-state index in [-0.39, 0.29) is 0 Å². The SMILES string of the molecule is CS(=O)(=O)O.O=C1CC[C@@H]2CN(Cc3ccccc3)CCN12. The second-order valence-electron chi connectivity index (χ2n) is 5.73. The predicted molar refractivity (Wildman–Crippen MR) is 83.9 cm³/mol. The van der Waals surface area contributed by atoms with Crippen molar-refractivity contribution in [3.63, 3.8) is 0 Å². The Morgan fingerprint density at radius 1 is 1.23 bits per heavy atom. The number of amides is 1. The predicted octanol–water partition coefficient (Wildman–Crippen LogP) is 0.997. The molecule has 22 heavy (non-hydrogen) atoms. The summed E-state index contributed by atoms with van der Waals surface area (Å²) in [7, 11) is -3.67. The van der Waals surface area contributed by atoms with Gasteiger partial charge in [-0.3, -0.25) is 14.2 Å². The van der Waals surface area contributed by atoms with E-state index in [4.69, 9.17) is 4.55 Å². The molecule has 1 N–H and O–H groups in total. The molecule has 2 heterocycles. The molecular formula is C15H22N2O4S. The van der Waals surface area contributed by atoms with E-state index in [2.05, 4.69) is 40.1 Å². The van der Waals surface area contributed by atoms with Crippen LogP contribution in [0, 0.1) is 0 Å². The second kappa shape index (κ2) is 7.21. The minimum Gasteiger partial charge on any atom is -0.337 e. The summed E-state index contributed by atoms with van der Waals surface area (Å²) in [5.74, 6) is 0.356. The normalized spacial score (nSPS) is 22.0. The van der Waals surface area contributed by atoms with E-state index in [1.54, 1.807) is 0 Å². The first-order valence-corrected chi connectivity index (χ1v) is 9.16. The van der Waals surface area contributed by atoms with Gasteiger partial charge in [0.1, 0.15) is 0 Å². The fraction of sp³-hybridized carbons (Fsp3) is 0.533. The summed E-state index contributed by atoms with van der Waals surface area (Å²) in [4.78, 5) is 16.1. The van der Waals surface area contributed by atoms with Gasteiger partial charge in [0.15, 0.2) is 0 Å². The third kappa shape index (κ3) is 5.40. The zero-order chi connectivity index (χ0) is 16.2. The molecule has 1 amide bonds. The third-order valence-electron chi connectivity index (χ3n) is 3.83. The van der Waals surface area contributed by atoms with Gasteiger partial charge in [0.05, 0.1) is 6.26 Å². The highest BCUT2D eigenvalue weighted by Gasteiger charge is 2.35. The molecule has 7 heteroatoms. The van der Waals surface area contributed by atoms with Gasteiger partial charge in [-0.25, -0.2) is 0 Å². The number of fused-ring (bicyclic) bond motifs is 1. The molecule has 1 atom stereocenters. The monoisotopic (exact) mass is 326 g/mol. The van der Waals surface area contributed by atoms with Gasteiger partial charge in [-0.15, -0.1) is 0 Å². The smallest absolute Gasteiger partial charge is 0.261 e. The molecule has 0 spiro atoms. The molecule has 2 aliphatic heterocycles. The number of nitrogens with zero attached hydrogens (tertiary/aromatic N) is 2. The highest BCUT2D eigenvalue weighted by atomic mass is 32.2. The van der Waals surface area contributed by atoms with Crippen LogP contribution in [0.4, 0.5) is 0 Å². The van der Waals surface area contributed by atoms with Gasteiger partial charge in [0, 0.05) is 38.6 Å². The van der Waals surface area contributed by atoms with E-state index >= 15 is 0 Å². The van der Waals surface area contributed by atoms with Crippen LogP contribution in [0.2, 0.25) is 0 Å².